The minimum atomic E-state index is -1.01. The lowest BCUT2D eigenvalue weighted by Crippen LogP contribution is -2.60. The first-order valence-corrected chi connectivity index (χ1v) is 26.0. The van der Waals surface area contributed by atoms with E-state index in [1.807, 2.05) is 45.9 Å². The lowest BCUT2D eigenvalue weighted by Gasteiger charge is -2.41. The minimum absolute atomic E-state index is 0.0597. The summed E-state index contributed by atoms with van der Waals surface area (Å²) < 4.78 is 17.7. The number of rotatable bonds is 29. The average Bonchev–Trinajstić information content (AvgIpc) is 3.86. The summed E-state index contributed by atoms with van der Waals surface area (Å²) in [5.74, 6) is -3.25. The number of benzene rings is 2. The highest BCUT2D eigenvalue weighted by Gasteiger charge is 2.44. The van der Waals surface area contributed by atoms with Crippen LogP contribution in [0.1, 0.15) is 111 Å². The van der Waals surface area contributed by atoms with Gasteiger partial charge in [0.2, 0.25) is 29.5 Å². The number of amides is 8. The van der Waals surface area contributed by atoms with Crippen LogP contribution in [0.15, 0.2) is 54.6 Å². The summed E-state index contributed by atoms with van der Waals surface area (Å²) in [4.78, 5) is 98.7. The fraction of sp³-hybridized carbons (Fsp3) is 0.648. The third-order valence-corrected chi connectivity index (χ3v) is 14.3. The number of methoxy groups -OCH3 is 2. The smallest absolute Gasteiger partial charge is 0.410 e. The van der Waals surface area contributed by atoms with Crippen molar-refractivity contribution in [1.29, 1.82) is 0 Å². The Morgan fingerprint density at radius 2 is 1.49 bits per heavy atom. The van der Waals surface area contributed by atoms with E-state index in [9.17, 15) is 38.7 Å². The third kappa shape index (κ3) is 17.7. The molecule has 0 bridgehead atoms. The SMILES string of the molecule is CCC(C)C(C(CC(=O)N1CCCC1C(OC)C(C)C(=O)NC(C)C(O)c1ccccc1)OC)N(C)C(=O)C(NC(=O)C(C(C)C)N(C)C(=O)OCc1ccc(NC(=O)C(CCCNC(N)=O)NC)cc1)C(C)C. The van der Waals surface area contributed by atoms with Crippen LogP contribution in [-0.4, -0.2) is 158 Å². The molecule has 0 aliphatic carbocycles. The number of primary amides is 1. The van der Waals surface area contributed by atoms with Crippen molar-refractivity contribution in [2.45, 2.75) is 155 Å². The van der Waals surface area contributed by atoms with E-state index in [4.69, 9.17) is 19.9 Å². The van der Waals surface area contributed by atoms with Crippen molar-refractivity contribution < 1.29 is 52.9 Å². The van der Waals surface area contributed by atoms with E-state index < -0.39 is 78.5 Å². The molecule has 414 valence electrons. The van der Waals surface area contributed by atoms with Gasteiger partial charge in [0.25, 0.3) is 0 Å². The van der Waals surface area contributed by atoms with E-state index in [0.717, 1.165) is 0 Å². The molecule has 3 rings (SSSR count). The summed E-state index contributed by atoms with van der Waals surface area (Å²) in [6.45, 7) is 15.4. The fourth-order valence-corrected chi connectivity index (χ4v) is 9.78. The number of hydrogen-bond acceptors (Lipinski definition) is 12. The van der Waals surface area contributed by atoms with Crippen LogP contribution >= 0.6 is 0 Å². The molecule has 8 amide bonds. The second-order valence-corrected chi connectivity index (χ2v) is 20.3. The number of carbonyl (C=O) groups is 7. The lowest BCUT2D eigenvalue weighted by molar-refractivity contribution is -0.148. The zero-order chi connectivity index (χ0) is 55.4. The molecule has 0 aromatic heterocycles. The van der Waals surface area contributed by atoms with E-state index >= 15 is 0 Å². The largest absolute Gasteiger partial charge is 0.445 e. The highest BCUT2D eigenvalue weighted by Crippen LogP contribution is 2.30. The number of nitrogens with two attached hydrogens (primary N) is 1. The number of aliphatic hydroxyl groups is 1. The number of nitrogens with one attached hydrogen (secondary N) is 5. The number of hydrogen-bond donors (Lipinski definition) is 7. The zero-order valence-corrected chi connectivity index (χ0v) is 46.0. The van der Waals surface area contributed by atoms with Crippen molar-refractivity contribution in [3.05, 3.63) is 65.7 Å². The van der Waals surface area contributed by atoms with Gasteiger partial charge in [-0.3, -0.25) is 28.9 Å². The number of likely N-dealkylation sites (N-methyl/N-ethyl adjacent to an activating group) is 3. The standard InChI is InChI=1S/C54H87N9O11/c1-14-34(6)46(42(72-12)30-43(64)63-29-19-23-41(63)48(73-13)35(7)49(66)58-36(8)47(65)38-20-16-15-17-21-38)61(10)52(69)44(32(2)3)60-51(68)45(33(4)5)62(11)54(71)74-31-37-24-26-39(27-25-37)59-50(67)40(56-9)22-18-28-57-53(55)70/h15-17,20-21,24-27,32-36,40-42,44-48,56,65H,14,18-19,22-23,28-31H2,1-13H3,(H,58,66)(H,59,67)(H,60,68)(H3,55,57,70). The molecule has 74 heavy (non-hydrogen) atoms. The van der Waals surface area contributed by atoms with Crippen LogP contribution in [0, 0.1) is 23.7 Å². The van der Waals surface area contributed by atoms with Gasteiger partial charge in [0, 0.05) is 47.1 Å². The van der Waals surface area contributed by atoms with Gasteiger partial charge >= 0.3 is 12.1 Å². The summed E-state index contributed by atoms with van der Waals surface area (Å²) in [6, 6.07) is 11.2. The quantitative estimate of drug-likeness (QED) is 0.0554. The second kappa shape index (κ2) is 30.5. The first kappa shape index (κ1) is 62.5. The highest BCUT2D eigenvalue weighted by atomic mass is 16.6. The van der Waals surface area contributed by atoms with Gasteiger partial charge in [-0.15, -0.1) is 0 Å². The van der Waals surface area contributed by atoms with E-state index in [1.165, 1.54) is 26.2 Å². The predicted octanol–water partition coefficient (Wildman–Crippen LogP) is 4.55. The lowest BCUT2D eigenvalue weighted by atomic mass is 9.89. The number of nitrogens with zero attached hydrogens (tertiary/aromatic N) is 3. The monoisotopic (exact) mass is 1040 g/mol. The molecule has 2 aromatic rings. The molecule has 20 heteroatoms. The molecule has 0 radical (unpaired) electrons. The van der Waals surface area contributed by atoms with Gasteiger partial charge in [-0.25, -0.2) is 9.59 Å². The van der Waals surface area contributed by atoms with Gasteiger partial charge in [0.1, 0.15) is 18.7 Å². The molecule has 1 fully saturated rings. The Morgan fingerprint density at radius 1 is 0.838 bits per heavy atom. The van der Waals surface area contributed by atoms with Crippen molar-refractivity contribution in [1.82, 2.24) is 36.0 Å². The van der Waals surface area contributed by atoms with Crippen LogP contribution in [0.2, 0.25) is 0 Å². The Labute approximate surface area is 438 Å². The summed E-state index contributed by atoms with van der Waals surface area (Å²) in [5, 5.41) is 25.1. The van der Waals surface area contributed by atoms with E-state index in [2.05, 4.69) is 26.6 Å². The Bertz CT molecular complexity index is 2110. The van der Waals surface area contributed by atoms with Crippen LogP contribution in [0.3, 0.4) is 0 Å². The average molecular weight is 1040 g/mol. The third-order valence-electron chi connectivity index (χ3n) is 14.3. The van der Waals surface area contributed by atoms with Crippen molar-refractivity contribution in [3.63, 3.8) is 0 Å². The normalized spacial score (nSPS) is 17.6. The van der Waals surface area contributed by atoms with Crippen molar-refractivity contribution in [2.75, 3.05) is 53.8 Å². The number of anilines is 1. The molecule has 1 saturated heterocycles. The van der Waals surface area contributed by atoms with Gasteiger partial charge in [0.05, 0.1) is 54.8 Å². The van der Waals surface area contributed by atoms with E-state index in [1.54, 1.807) is 88.0 Å². The molecule has 8 N–H and O–H groups in total. The molecule has 0 spiro atoms. The summed E-state index contributed by atoms with van der Waals surface area (Å²) >= 11 is 0. The van der Waals surface area contributed by atoms with Gasteiger partial charge < -0.3 is 61.4 Å². The molecule has 11 atom stereocenters. The van der Waals surface area contributed by atoms with Gasteiger partial charge in [-0.1, -0.05) is 97.4 Å². The molecular formula is C54H87N9O11. The Balaban J connectivity index is 1.69. The summed E-state index contributed by atoms with van der Waals surface area (Å²) in [6.07, 6.45) is -0.128. The number of ether oxygens (including phenoxy) is 3. The van der Waals surface area contributed by atoms with E-state index in [0.29, 0.717) is 62.0 Å². The van der Waals surface area contributed by atoms with Crippen molar-refractivity contribution in [2.24, 2.45) is 29.4 Å². The van der Waals surface area contributed by atoms with Crippen LogP contribution in [-0.2, 0) is 44.8 Å². The van der Waals surface area contributed by atoms with Crippen LogP contribution in [0.5, 0.6) is 0 Å². The predicted molar refractivity (Wildman–Crippen MR) is 283 cm³/mol. The highest BCUT2D eigenvalue weighted by molar-refractivity contribution is 5.95. The summed E-state index contributed by atoms with van der Waals surface area (Å²) in [7, 11) is 7.84. The maximum absolute atomic E-state index is 14.7. The molecule has 1 aliphatic heterocycles. The first-order chi connectivity index (χ1) is 35.0. The Morgan fingerprint density at radius 3 is 2.04 bits per heavy atom. The molecule has 1 heterocycles. The molecule has 11 unspecified atom stereocenters. The second-order valence-electron chi connectivity index (χ2n) is 20.3. The van der Waals surface area contributed by atoms with Crippen LogP contribution in [0.25, 0.3) is 0 Å². The van der Waals surface area contributed by atoms with Gasteiger partial charge in [-0.05, 0) is 80.7 Å². The Hall–Kier alpha value is -5.83. The minimum Gasteiger partial charge on any atom is -0.445 e. The van der Waals surface area contributed by atoms with Crippen LogP contribution < -0.4 is 32.3 Å². The number of urea groups is 1. The maximum Gasteiger partial charge on any atom is 0.410 e. The molecule has 0 saturated carbocycles. The number of carbonyl (C=O) groups excluding carboxylic acids is 7. The fourth-order valence-electron chi connectivity index (χ4n) is 9.78. The molecule has 20 nitrogen and oxygen atoms in total. The van der Waals surface area contributed by atoms with Gasteiger partial charge in [0.15, 0.2) is 0 Å². The molecular weight excluding hydrogens is 951 g/mol. The number of aliphatic hydroxyl groups excluding tert-OH is 1. The Kier molecular flexibility index (Phi) is 25.8. The first-order valence-electron chi connectivity index (χ1n) is 26.0. The molecule has 1 aliphatic rings. The van der Waals surface area contributed by atoms with Crippen molar-refractivity contribution >= 4 is 47.3 Å². The van der Waals surface area contributed by atoms with Crippen molar-refractivity contribution in [3.8, 4) is 0 Å². The van der Waals surface area contributed by atoms with Gasteiger partial charge in [-0.2, -0.15) is 0 Å². The summed E-state index contributed by atoms with van der Waals surface area (Å²) in [5.41, 5.74) is 6.96. The number of likely N-dealkylation sites (tertiary alicyclic amines) is 1. The zero-order valence-electron chi connectivity index (χ0n) is 46.0. The topological polar surface area (TPSA) is 263 Å². The van der Waals surface area contributed by atoms with Crippen LogP contribution in [0.4, 0.5) is 15.3 Å². The maximum atomic E-state index is 14.7. The van der Waals surface area contributed by atoms with E-state index in [-0.39, 0.29) is 54.4 Å². The molecule has 2 aromatic carbocycles.